The van der Waals surface area contributed by atoms with Crippen molar-refractivity contribution >= 4 is 23.4 Å². The van der Waals surface area contributed by atoms with E-state index in [0.717, 1.165) is 29.4 Å². The highest BCUT2D eigenvalue weighted by molar-refractivity contribution is 6.58. The third kappa shape index (κ3) is 3.37. The standard InChI is InChI=1S/C16H19BO4/c1-11-2-6-16(21-11)10-20-15-7-4-12-8-14(17(18)19)5-3-13(12)9-15/h3-5,7-9,11,16,18-19H,2,6,10H2,1H3. The van der Waals surface area contributed by atoms with E-state index < -0.39 is 7.12 Å². The lowest BCUT2D eigenvalue weighted by Gasteiger charge is -2.13. The molecule has 1 aliphatic rings. The molecule has 0 saturated carbocycles. The summed E-state index contributed by atoms with van der Waals surface area (Å²) in [5.41, 5.74) is 0.490. The number of benzene rings is 2. The number of rotatable bonds is 4. The second kappa shape index (κ2) is 6.06. The lowest BCUT2D eigenvalue weighted by Crippen LogP contribution is -2.29. The highest BCUT2D eigenvalue weighted by Gasteiger charge is 2.22. The van der Waals surface area contributed by atoms with Crippen LogP contribution in [0.3, 0.4) is 0 Å². The number of hydrogen-bond acceptors (Lipinski definition) is 4. The van der Waals surface area contributed by atoms with Crippen molar-refractivity contribution in [2.75, 3.05) is 6.61 Å². The van der Waals surface area contributed by atoms with Crippen LogP contribution in [0, 0.1) is 0 Å². The summed E-state index contributed by atoms with van der Waals surface area (Å²) in [7, 11) is -1.44. The molecule has 0 radical (unpaired) electrons. The maximum atomic E-state index is 9.18. The molecule has 0 amide bonds. The Bertz CT molecular complexity index is 629. The predicted molar refractivity (Wildman–Crippen MR) is 82.8 cm³/mol. The van der Waals surface area contributed by atoms with Gasteiger partial charge in [0, 0.05) is 0 Å². The average molecular weight is 286 g/mol. The molecular formula is C16H19BO4. The fraction of sp³-hybridized carbons (Fsp3) is 0.375. The lowest BCUT2D eigenvalue weighted by molar-refractivity contribution is 0.0265. The largest absolute Gasteiger partial charge is 0.491 e. The Labute approximate surface area is 124 Å². The first kappa shape index (κ1) is 14.4. The van der Waals surface area contributed by atoms with Crippen molar-refractivity contribution in [2.45, 2.75) is 32.0 Å². The van der Waals surface area contributed by atoms with E-state index in [0.29, 0.717) is 18.2 Å². The van der Waals surface area contributed by atoms with Crippen molar-refractivity contribution < 1.29 is 19.5 Å². The van der Waals surface area contributed by atoms with Gasteiger partial charge in [-0.3, -0.25) is 0 Å². The van der Waals surface area contributed by atoms with Crippen molar-refractivity contribution in [2.24, 2.45) is 0 Å². The topological polar surface area (TPSA) is 58.9 Å². The van der Waals surface area contributed by atoms with Crippen LogP contribution < -0.4 is 10.2 Å². The van der Waals surface area contributed by atoms with Crippen LogP contribution in [0.1, 0.15) is 19.8 Å². The monoisotopic (exact) mass is 286 g/mol. The van der Waals surface area contributed by atoms with E-state index in [-0.39, 0.29) is 6.10 Å². The fourth-order valence-electron chi connectivity index (χ4n) is 2.69. The van der Waals surface area contributed by atoms with Gasteiger partial charge in [0.05, 0.1) is 12.2 Å². The molecule has 2 aromatic rings. The molecule has 110 valence electrons. The second-order valence-corrected chi connectivity index (χ2v) is 5.60. The van der Waals surface area contributed by atoms with E-state index in [1.54, 1.807) is 12.1 Å². The summed E-state index contributed by atoms with van der Waals surface area (Å²) >= 11 is 0. The Kier molecular flexibility index (Phi) is 4.15. The molecule has 0 aromatic heterocycles. The van der Waals surface area contributed by atoms with E-state index in [9.17, 15) is 10.0 Å². The molecule has 4 nitrogen and oxygen atoms in total. The Morgan fingerprint density at radius 1 is 1.14 bits per heavy atom. The molecule has 5 heteroatoms. The van der Waals surface area contributed by atoms with Gasteiger partial charge in [-0.05, 0) is 48.1 Å². The van der Waals surface area contributed by atoms with Gasteiger partial charge in [0.25, 0.3) is 0 Å². The first-order valence-electron chi connectivity index (χ1n) is 7.30. The molecule has 2 aromatic carbocycles. The van der Waals surface area contributed by atoms with Crippen LogP contribution in [0.5, 0.6) is 5.75 Å². The zero-order chi connectivity index (χ0) is 14.8. The van der Waals surface area contributed by atoms with E-state index in [1.165, 1.54) is 0 Å². The summed E-state index contributed by atoms with van der Waals surface area (Å²) in [6, 6.07) is 11.1. The Morgan fingerprint density at radius 3 is 2.62 bits per heavy atom. The summed E-state index contributed by atoms with van der Waals surface area (Å²) in [6.07, 6.45) is 2.66. The molecule has 2 atom stereocenters. The van der Waals surface area contributed by atoms with Crippen LogP contribution in [-0.4, -0.2) is 36.0 Å². The summed E-state index contributed by atoms with van der Waals surface area (Å²) in [6.45, 7) is 2.66. The number of ether oxygens (including phenoxy) is 2. The summed E-state index contributed by atoms with van der Waals surface area (Å²) in [4.78, 5) is 0. The summed E-state index contributed by atoms with van der Waals surface area (Å²) < 4.78 is 11.5. The smallest absolute Gasteiger partial charge is 0.488 e. The van der Waals surface area contributed by atoms with Gasteiger partial charge < -0.3 is 19.5 Å². The Balaban J connectivity index is 1.70. The molecule has 2 unspecified atom stereocenters. The van der Waals surface area contributed by atoms with Gasteiger partial charge in [0.2, 0.25) is 0 Å². The lowest BCUT2D eigenvalue weighted by atomic mass is 9.79. The SMILES string of the molecule is CC1CCC(COc2ccc3cc(B(O)O)ccc3c2)O1. The number of hydrogen-bond donors (Lipinski definition) is 2. The minimum absolute atomic E-state index is 0.183. The van der Waals surface area contributed by atoms with Crippen LogP contribution in [0.2, 0.25) is 0 Å². The highest BCUT2D eigenvalue weighted by atomic mass is 16.5. The molecule has 1 saturated heterocycles. The maximum absolute atomic E-state index is 9.18. The van der Waals surface area contributed by atoms with Gasteiger partial charge in [0.1, 0.15) is 12.4 Å². The molecule has 0 aliphatic carbocycles. The van der Waals surface area contributed by atoms with Gasteiger partial charge in [-0.15, -0.1) is 0 Å². The van der Waals surface area contributed by atoms with Gasteiger partial charge in [-0.2, -0.15) is 0 Å². The molecule has 1 aliphatic heterocycles. The molecule has 1 heterocycles. The van der Waals surface area contributed by atoms with Crippen LogP contribution in [0.4, 0.5) is 0 Å². The quantitative estimate of drug-likeness (QED) is 0.836. The van der Waals surface area contributed by atoms with E-state index >= 15 is 0 Å². The van der Waals surface area contributed by atoms with Crippen LogP contribution >= 0.6 is 0 Å². The fourth-order valence-corrected chi connectivity index (χ4v) is 2.69. The normalized spacial score (nSPS) is 21.7. The molecule has 0 spiro atoms. The average Bonchev–Trinajstić information content (AvgIpc) is 2.90. The molecule has 0 bridgehead atoms. The summed E-state index contributed by atoms with van der Waals surface area (Å²) in [5.74, 6) is 0.808. The highest BCUT2D eigenvalue weighted by Crippen LogP contribution is 2.23. The van der Waals surface area contributed by atoms with Gasteiger partial charge in [-0.25, -0.2) is 0 Å². The number of fused-ring (bicyclic) bond motifs is 1. The van der Waals surface area contributed by atoms with E-state index in [1.807, 2.05) is 24.3 Å². The van der Waals surface area contributed by atoms with Crippen molar-refractivity contribution in [1.29, 1.82) is 0 Å². The Hall–Kier alpha value is -1.56. The molecule has 1 fully saturated rings. The van der Waals surface area contributed by atoms with Gasteiger partial charge in [-0.1, -0.05) is 24.3 Å². The van der Waals surface area contributed by atoms with E-state index in [2.05, 4.69) is 6.92 Å². The van der Waals surface area contributed by atoms with Crippen molar-refractivity contribution in [1.82, 2.24) is 0 Å². The second-order valence-electron chi connectivity index (χ2n) is 5.60. The molecule has 21 heavy (non-hydrogen) atoms. The van der Waals surface area contributed by atoms with Crippen molar-refractivity contribution in [3.8, 4) is 5.75 Å². The van der Waals surface area contributed by atoms with Gasteiger partial charge >= 0.3 is 7.12 Å². The van der Waals surface area contributed by atoms with Gasteiger partial charge in [0.15, 0.2) is 0 Å². The zero-order valence-electron chi connectivity index (χ0n) is 12.0. The zero-order valence-corrected chi connectivity index (χ0v) is 12.0. The molecule has 3 rings (SSSR count). The van der Waals surface area contributed by atoms with Crippen molar-refractivity contribution in [3.05, 3.63) is 36.4 Å². The Morgan fingerprint density at radius 2 is 1.90 bits per heavy atom. The van der Waals surface area contributed by atoms with Crippen LogP contribution in [0.25, 0.3) is 10.8 Å². The predicted octanol–water partition coefficient (Wildman–Crippen LogP) is 1.47. The van der Waals surface area contributed by atoms with Crippen LogP contribution in [0.15, 0.2) is 36.4 Å². The first-order chi connectivity index (χ1) is 10.1. The van der Waals surface area contributed by atoms with Crippen LogP contribution in [-0.2, 0) is 4.74 Å². The minimum atomic E-state index is -1.44. The maximum Gasteiger partial charge on any atom is 0.488 e. The van der Waals surface area contributed by atoms with E-state index in [4.69, 9.17) is 9.47 Å². The first-order valence-corrected chi connectivity index (χ1v) is 7.30. The molecule has 2 N–H and O–H groups in total. The third-order valence-corrected chi connectivity index (χ3v) is 3.89. The minimum Gasteiger partial charge on any atom is -0.491 e. The third-order valence-electron chi connectivity index (χ3n) is 3.89. The molecular weight excluding hydrogens is 267 g/mol. The summed E-state index contributed by atoms with van der Waals surface area (Å²) in [5, 5.41) is 20.3. The van der Waals surface area contributed by atoms with Crippen molar-refractivity contribution in [3.63, 3.8) is 0 Å².